The van der Waals surface area contributed by atoms with Crippen molar-refractivity contribution in [2.45, 2.75) is 13.5 Å². The molecule has 1 aromatic heterocycles. The number of thiazole rings is 1. The van der Waals surface area contributed by atoms with Crippen LogP contribution in [0.1, 0.15) is 20.9 Å². The van der Waals surface area contributed by atoms with Crippen molar-refractivity contribution in [3.05, 3.63) is 69.7 Å². The van der Waals surface area contributed by atoms with Crippen LogP contribution in [0.5, 0.6) is 5.75 Å². The number of aromatic hydroxyl groups is 1. The van der Waals surface area contributed by atoms with E-state index in [0.717, 1.165) is 16.1 Å². The molecule has 0 aliphatic carbocycles. The van der Waals surface area contributed by atoms with Crippen molar-refractivity contribution in [2.24, 2.45) is 0 Å². The highest BCUT2D eigenvalue weighted by molar-refractivity contribution is 7.17. The van der Waals surface area contributed by atoms with Gasteiger partial charge in [0.2, 0.25) is 0 Å². The Morgan fingerprint density at radius 3 is 2.50 bits per heavy atom. The minimum Gasteiger partial charge on any atom is -0.508 e. The van der Waals surface area contributed by atoms with Gasteiger partial charge in [0, 0.05) is 17.1 Å². The summed E-state index contributed by atoms with van der Waals surface area (Å²) in [6, 6.07) is 14.1. The molecule has 4 nitrogen and oxygen atoms in total. The Kier molecular flexibility index (Phi) is 4.83. The van der Waals surface area contributed by atoms with Gasteiger partial charge in [-0.2, -0.15) is 0 Å². The average Bonchev–Trinajstić information content (AvgIpc) is 2.96. The van der Waals surface area contributed by atoms with E-state index in [2.05, 4.69) is 10.3 Å². The molecule has 24 heavy (non-hydrogen) atoms. The third-order valence-electron chi connectivity index (χ3n) is 3.48. The number of nitrogens with one attached hydrogen (secondary N) is 1. The number of phenols is 1. The molecule has 1 heterocycles. The molecule has 0 saturated heterocycles. The second-order valence-electron chi connectivity index (χ2n) is 5.29. The number of carbonyl (C=O) groups is 1. The highest BCUT2D eigenvalue weighted by atomic mass is 35.5. The van der Waals surface area contributed by atoms with E-state index < -0.39 is 0 Å². The molecule has 0 aliphatic heterocycles. The first-order valence-corrected chi connectivity index (χ1v) is 8.52. The molecule has 0 radical (unpaired) electrons. The van der Waals surface area contributed by atoms with Crippen LogP contribution in [0.25, 0.3) is 10.6 Å². The highest BCUT2D eigenvalue weighted by Gasteiger charge is 2.16. The number of phenolic OH excluding ortho intramolecular Hbond substituents is 1. The van der Waals surface area contributed by atoms with Gasteiger partial charge in [-0.1, -0.05) is 23.7 Å². The standard InChI is InChI=1S/C18H15ClN2O2S/c1-11-16(17(23)20-10-12-2-6-14(19)7-3-12)24-18(21-11)13-4-8-15(22)9-5-13/h2-9,22H,10H2,1H3,(H,20,23). The zero-order valence-electron chi connectivity index (χ0n) is 12.9. The van der Waals surface area contributed by atoms with Crippen molar-refractivity contribution < 1.29 is 9.90 Å². The van der Waals surface area contributed by atoms with E-state index >= 15 is 0 Å². The van der Waals surface area contributed by atoms with E-state index in [0.29, 0.717) is 22.1 Å². The minimum atomic E-state index is -0.148. The molecule has 1 amide bonds. The Hall–Kier alpha value is -2.37. The molecule has 0 aliphatic rings. The molecule has 2 aromatic carbocycles. The van der Waals surface area contributed by atoms with Gasteiger partial charge in [0.25, 0.3) is 5.91 Å². The van der Waals surface area contributed by atoms with Crippen molar-refractivity contribution >= 4 is 28.8 Å². The highest BCUT2D eigenvalue weighted by Crippen LogP contribution is 2.29. The number of carbonyl (C=O) groups excluding carboxylic acids is 1. The third kappa shape index (κ3) is 3.75. The van der Waals surface area contributed by atoms with E-state index in [4.69, 9.17) is 11.6 Å². The molecule has 0 bridgehead atoms. The molecule has 0 atom stereocenters. The van der Waals surface area contributed by atoms with Crippen molar-refractivity contribution in [1.82, 2.24) is 10.3 Å². The van der Waals surface area contributed by atoms with Gasteiger partial charge in [0.1, 0.15) is 15.6 Å². The number of halogens is 1. The summed E-state index contributed by atoms with van der Waals surface area (Å²) in [6.45, 7) is 2.25. The van der Waals surface area contributed by atoms with Crippen LogP contribution in [-0.4, -0.2) is 16.0 Å². The van der Waals surface area contributed by atoms with Gasteiger partial charge in [0.05, 0.1) is 5.69 Å². The van der Waals surface area contributed by atoms with E-state index in [1.54, 1.807) is 36.4 Å². The van der Waals surface area contributed by atoms with Crippen LogP contribution in [0.2, 0.25) is 5.02 Å². The normalized spacial score (nSPS) is 10.6. The summed E-state index contributed by atoms with van der Waals surface area (Å²) in [4.78, 5) is 17.4. The number of benzene rings is 2. The Morgan fingerprint density at radius 2 is 1.83 bits per heavy atom. The van der Waals surface area contributed by atoms with Gasteiger partial charge < -0.3 is 10.4 Å². The van der Waals surface area contributed by atoms with E-state index in [1.807, 2.05) is 19.1 Å². The summed E-state index contributed by atoms with van der Waals surface area (Å²) in [5.74, 6) is 0.0536. The lowest BCUT2D eigenvalue weighted by atomic mass is 10.2. The van der Waals surface area contributed by atoms with Gasteiger partial charge in [-0.3, -0.25) is 4.79 Å². The lowest BCUT2D eigenvalue weighted by Gasteiger charge is -2.04. The van der Waals surface area contributed by atoms with Crippen LogP contribution in [0.4, 0.5) is 0 Å². The summed E-state index contributed by atoms with van der Waals surface area (Å²) >= 11 is 7.19. The smallest absolute Gasteiger partial charge is 0.263 e. The molecule has 3 aromatic rings. The molecular weight excluding hydrogens is 344 g/mol. The largest absolute Gasteiger partial charge is 0.508 e. The second-order valence-corrected chi connectivity index (χ2v) is 6.73. The fourth-order valence-electron chi connectivity index (χ4n) is 2.20. The van der Waals surface area contributed by atoms with Gasteiger partial charge >= 0.3 is 0 Å². The van der Waals surface area contributed by atoms with E-state index in [9.17, 15) is 9.90 Å². The molecule has 0 fully saturated rings. The van der Waals surface area contributed by atoms with Gasteiger partial charge in [-0.05, 0) is 48.9 Å². The topological polar surface area (TPSA) is 62.2 Å². The zero-order chi connectivity index (χ0) is 17.1. The first-order valence-electron chi connectivity index (χ1n) is 7.32. The number of rotatable bonds is 4. The van der Waals surface area contributed by atoms with Crippen LogP contribution in [0.3, 0.4) is 0 Å². The second kappa shape index (κ2) is 7.03. The predicted octanol–water partition coefficient (Wildman–Crippen LogP) is 4.41. The summed E-state index contributed by atoms with van der Waals surface area (Å²) in [5.41, 5.74) is 2.54. The number of amides is 1. The molecule has 0 spiro atoms. The van der Waals surface area contributed by atoms with Crippen LogP contribution in [0, 0.1) is 6.92 Å². The van der Waals surface area contributed by atoms with Gasteiger partial charge in [0.15, 0.2) is 0 Å². The van der Waals surface area contributed by atoms with Crippen molar-refractivity contribution in [3.63, 3.8) is 0 Å². The summed E-state index contributed by atoms with van der Waals surface area (Å²) < 4.78 is 0. The minimum absolute atomic E-state index is 0.148. The fraction of sp³-hybridized carbons (Fsp3) is 0.111. The summed E-state index contributed by atoms with van der Waals surface area (Å²) in [5, 5.41) is 13.7. The molecule has 3 rings (SSSR count). The molecule has 122 valence electrons. The Morgan fingerprint density at radius 1 is 1.17 bits per heavy atom. The maximum atomic E-state index is 12.4. The fourth-order valence-corrected chi connectivity index (χ4v) is 3.31. The van der Waals surface area contributed by atoms with Crippen molar-refractivity contribution in [3.8, 4) is 16.3 Å². The Bertz CT molecular complexity index is 858. The van der Waals surface area contributed by atoms with Crippen molar-refractivity contribution in [2.75, 3.05) is 0 Å². The summed E-state index contributed by atoms with van der Waals surface area (Å²) in [6.07, 6.45) is 0. The van der Waals surface area contributed by atoms with E-state index in [1.165, 1.54) is 11.3 Å². The lowest BCUT2D eigenvalue weighted by molar-refractivity contribution is 0.0954. The third-order valence-corrected chi connectivity index (χ3v) is 4.94. The van der Waals surface area contributed by atoms with Crippen LogP contribution in [-0.2, 0) is 6.54 Å². The number of aryl methyl sites for hydroxylation is 1. The average molecular weight is 359 g/mol. The van der Waals surface area contributed by atoms with E-state index in [-0.39, 0.29) is 11.7 Å². The van der Waals surface area contributed by atoms with Crippen LogP contribution in [0.15, 0.2) is 48.5 Å². The first kappa shape index (κ1) is 16.5. The quantitative estimate of drug-likeness (QED) is 0.726. The van der Waals surface area contributed by atoms with Gasteiger partial charge in [-0.25, -0.2) is 4.98 Å². The molecule has 0 unspecified atom stereocenters. The van der Waals surface area contributed by atoms with Crippen LogP contribution < -0.4 is 5.32 Å². The molecule has 2 N–H and O–H groups in total. The van der Waals surface area contributed by atoms with Crippen molar-refractivity contribution in [1.29, 1.82) is 0 Å². The monoisotopic (exact) mass is 358 g/mol. The molecule has 6 heteroatoms. The zero-order valence-corrected chi connectivity index (χ0v) is 14.5. The lowest BCUT2D eigenvalue weighted by Crippen LogP contribution is -2.22. The SMILES string of the molecule is Cc1nc(-c2ccc(O)cc2)sc1C(=O)NCc1ccc(Cl)cc1. The molecular formula is C18H15ClN2O2S. The van der Waals surface area contributed by atoms with Crippen LogP contribution >= 0.6 is 22.9 Å². The Labute approximate surface area is 148 Å². The number of nitrogens with zero attached hydrogens (tertiary/aromatic N) is 1. The maximum absolute atomic E-state index is 12.4. The summed E-state index contributed by atoms with van der Waals surface area (Å²) in [7, 11) is 0. The number of hydrogen-bond donors (Lipinski definition) is 2. The Balaban J connectivity index is 1.73. The number of hydrogen-bond acceptors (Lipinski definition) is 4. The predicted molar refractivity (Wildman–Crippen MR) is 96.6 cm³/mol. The van der Waals surface area contributed by atoms with Gasteiger partial charge in [-0.15, -0.1) is 11.3 Å². The first-order chi connectivity index (χ1) is 11.5. The molecule has 0 saturated carbocycles. The number of aromatic nitrogens is 1. The maximum Gasteiger partial charge on any atom is 0.263 e.